The van der Waals surface area contributed by atoms with Crippen molar-refractivity contribution in [2.45, 2.75) is 75.4 Å². The molecule has 0 N–H and O–H groups in total. The van der Waals surface area contributed by atoms with E-state index in [1.807, 2.05) is 13.1 Å². The summed E-state index contributed by atoms with van der Waals surface area (Å²) in [6.45, 7) is 1.70. The second-order valence-corrected chi connectivity index (χ2v) is 13.8. The third-order valence-electron chi connectivity index (χ3n) is 3.68. The summed E-state index contributed by atoms with van der Waals surface area (Å²) in [5, 5.41) is 0. The summed E-state index contributed by atoms with van der Waals surface area (Å²) in [5.41, 5.74) is 0. The van der Waals surface area contributed by atoms with E-state index in [-0.39, 0.29) is 6.42 Å². The Labute approximate surface area is 151 Å². The minimum atomic E-state index is -4.53. The van der Waals surface area contributed by atoms with Crippen LogP contribution in [0.1, 0.15) is 25.7 Å². The van der Waals surface area contributed by atoms with Crippen molar-refractivity contribution in [3.63, 3.8) is 0 Å². The van der Waals surface area contributed by atoms with Crippen LogP contribution in [0.15, 0.2) is 0 Å². The van der Waals surface area contributed by atoms with Crippen LogP contribution in [-0.4, -0.2) is 49.5 Å². The van der Waals surface area contributed by atoms with Crippen molar-refractivity contribution in [3.05, 3.63) is 0 Å². The lowest BCUT2D eigenvalue weighted by molar-refractivity contribution is -0.254. The smallest absolute Gasteiger partial charge is 0.410 e. The van der Waals surface area contributed by atoms with Gasteiger partial charge >= 0.3 is 18.5 Å². The predicted octanol–water partition coefficient (Wildman–Crippen LogP) is 5.51. The van der Waals surface area contributed by atoms with Crippen LogP contribution >= 0.6 is 0 Å². The molecule has 158 valence electrons. The topological polar surface area (TPSA) is 18.5 Å². The maximum absolute atomic E-state index is 13.4. The molecule has 0 fully saturated rings. The first-order valence-electron chi connectivity index (χ1n) is 8.35. The molecule has 0 atom stereocenters. The third kappa shape index (κ3) is 17.2. The molecule has 0 unspecified atom stereocenters. The first-order valence-corrected chi connectivity index (χ1v) is 13.3. The van der Waals surface area contributed by atoms with E-state index in [2.05, 4.69) is 9.16 Å². The first-order chi connectivity index (χ1) is 11.6. The van der Waals surface area contributed by atoms with E-state index in [0.29, 0.717) is 18.5 Å². The number of rotatable bonds is 13. The second-order valence-electron chi connectivity index (χ2n) is 6.99. The van der Waals surface area contributed by atoms with Crippen molar-refractivity contribution >= 4 is 17.8 Å². The van der Waals surface area contributed by atoms with Gasteiger partial charge in [0.05, 0.1) is 13.0 Å². The lowest BCUT2D eigenvalue weighted by Gasteiger charge is -2.24. The molecule has 26 heavy (non-hydrogen) atoms. The average molecular weight is 435 g/mol. The molecule has 0 spiro atoms. The highest BCUT2D eigenvalue weighted by Gasteiger charge is 2.34. The van der Waals surface area contributed by atoms with E-state index in [0.717, 1.165) is 6.04 Å². The second kappa shape index (κ2) is 11.0. The normalized spacial score (nSPS) is 14.5. The highest BCUT2D eigenvalue weighted by Crippen LogP contribution is 2.29. The molecule has 0 aromatic heterocycles. The Hall–Kier alpha value is -0.206. The van der Waals surface area contributed by atoms with Crippen LogP contribution in [0.2, 0.25) is 31.2 Å². The fourth-order valence-corrected chi connectivity index (χ4v) is 6.41. The molecule has 0 aliphatic rings. The minimum Gasteiger partial charge on any atom is -0.415 e. The van der Waals surface area contributed by atoms with E-state index in [9.17, 15) is 35.1 Å². The first kappa shape index (κ1) is 25.8. The lowest BCUT2D eigenvalue weighted by Crippen LogP contribution is -2.28. The Morgan fingerprint density at radius 3 is 1.92 bits per heavy atom. The molecule has 0 aliphatic heterocycles. The lowest BCUT2D eigenvalue weighted by atomic mass is 10.3. The van der Waals surface area contributed by atoms with Crippen molar-refractivity contribution < 1.29 is 44.3 Å². The van der Waals surface area contributed by atoms with E-state index in [1.54, 1.807) is 0 Å². The molecule has 0 radical (unpaired) electrons. The monoisotopic (exact) mass is 434 g/mol. The summed E-state index contributed by atoms with van der Waals surface area (Å²) in [6, 6.07) is 1.94. The van der Waals surface area contributed by atoms with Crippen molar-refractivity contribution in [2.24, 2.45) is 0 Å². The number of hydrogen-bond acceptors (Lipinski definition) is 2. The van der Waals surface area contributed by atoms with E-state index >= 15 is 0 Å². The highest BCUT2D eigenvalue weighted by atomic mass is 28.3. The molecule has 0 saturated carbocycles. The van der Waals surface area contributed by atoms with Crippen LogP contribution < -0.4 is 0 Å². The van der Waals surface area contributed by atoms with Gasteiger partial charge in [-0.15, -0.1) is 0 Å². The van der Waals surface area contributed by atoms with E-state index < -0.39 is 62.4 Å². The van der Waals surface area contributed by atoms with Gasteiger partial charge in [-0.1, -0.05) is 31.6 Å². The Kier molecular flexibility index (Phi) is 10.9. The number of hydrogen-bond donors (Lipinski definition) is 0. The summed E-state index contributed by atoms with van der Waals surface area (Å²) in [4.78, 5) is 0. The van der Waals surface area contributed by atoms with Gasteiger partial charge in [-0.05, 0) is 12.5 Å². The summed E-state index contributed by atoms with van der Waals surface area (Å²) in [6.07, 6.45) is -13.6. The molecule has 0 rings (SSSR count). The Balaban J connectivity index is 3.87. The fraction of sp³-hybridized carbons (Fsp3) is 1.00. The van der Waals surface area contributed by atoms with Gasteiger partial charge < -0.3 is 9.16 Å². The quantitative estimate of drug-likeness (QED) is 0.216. The van der Waals surface area contributed by atoms with Crippen LogP contribution in [0, 0.1) is 0 Å². The standard InChI is InChI=1S/C14H26F8O2Si2/c1-26(2,10-4-8-25-24-11-13(18,19)20)9-3-5-14(21,22)23-7-6-12(15,16)17/h3-11,25H2,1-2H3. The number of alkyl halides is 8. The third-order valence-corrected chi connectivity index (χ3v) is 8.37. The average Bonchev–Trinajstić information content (AvgIpc) is 2.39. The van der Waals surface area contributed by atoms with Gasteiger partial charge in [0, 0.05) is 14.5 Å². The minimum absolute atomic E-state index is 0.139. The molecule has 0 aliphatic carbocycles. The highest BCUT2D eigenvalue weighted by molar-refractivity contribution is 6.77. The van der Waals surface area contributed by atoms with Gasteiger partial charge in [0.25, 0.3) is 0 Å². The molecule has 0 aromatic carbocycles. The maximum atomic E-state index is 13.4. The molecular formula is C14H26F8O2Si2. The van der Waals surface area contributed by atoms with Crippen LogP contribution in [0.3, 0.4) is 0 Å². The fourth-order valence-electron chi connectivity index (χ4n) is 2.28. The zero-order chi connectivity index (χ0) is 20.5. The predicted molar refractivity (Wildman–Crippen MR) is 87.9 cm³/mol. The summed E-state index contributed by atoms with van der Waals surface area (Å²) < 4.78 is 107. The van der Waals surface area contributed by atoms with Gasteiger partial charge in [0.1, 0.15) is 6.61 Å². The molecule has 2 nitrogen and oxygen atoms in total. The molecule has 0 aromatic rings. The van der Waals surface area contributed by atoms with Crippen LogP contribution in [0.5, 0.6) is 0 Å². The van der Waals surface area contributed by atoms with Gasteiger partial charge in [-0.2, -0.15) is 35.1 Å². The molecule has 0 saturated heterocycles. The van der Waals surface area contributed by atoms with Crippen LogP contribution in [-0.2, 0) is 9.16 Å². The summed E-state index contributed by atoms with van der Waals surface area (Å²) in [7, 11) is -3.02. The van der Waals surface area contributed by atoms with Gasteiger partial charge in [-0.3, -0.25) is 0 Å². The zero-order valence-corrected chi connectivity index (χ0v) is 17.3. The molecular weight excluding hydrogens is 408 g/mol. The Morgan fingerprint density at radius 2 is 1.38 bits per heavy atom. The van der Waals surface area contributed by atoms with Gasteiger partial charge in [0.2, 0.25) is 0 Å². The molecule has 12 heteroatoms. The van der Waals surface area contributed by atoms with Crippen molar-refractivity contribution in [1.82, 2.24) is 0 Å². The number of halogens is 8. The van der Waals surface area contributed by atoms with Crippen molar-refractivity contribution in [2.75, 3.05) is 13.2 Å². The summed E-state index contributed by atoms with van der Waals surface area (Å²) in [5.74, 6) is 0. The summed E-state index contributed by atoms with van der Waals surface area (Å²) >= 11 is 0. The van der Waals surface area contributed by atoms with Crippen molar-refractivity contribution in [1.29, 1.82) is 0 Å². The maximum Gasteiger partial charge on any atom is 0.410 e. The molecule has 0 heterocycles. The van der Waals surface area contributed by atoms with Gasteiger partial charge in [0.15, 0.2) is 9.76 Å². The SMILES string of the molecule is C[Si](C)(CCC[SiH2]OCC(F)(F)F)CCCC(F)(F)OCCC(F)(F)F. The van der Waals surface area contributed by atoms with Gasteiger partial charge in [-0.25, -0.2) is 0 Å². The van der Waals surface area contributed by atoms with Crippen LogP contribution in [0.25, 0.3) is 0 Å². The largest absolute Gasteiger partial charge is 0.415 e. The van der Waals surface area contributed by atoms with Crippen molar-refractivity contribution in [3.8, 4) is 0 Å². The Morgan fingerprint density at radius 1 is 0.808 bits per heavy atom. The van der Waals surface area contributed by atoms with E-state index in [4.69, 9.17) is 0 Å². The van der Waals surface area contributed by atoms with Crippen LogP contribution in [0.4, 0.5) is 35.1 Å². The number of ether oxygens (including phenoxy) is 1. The zero-order valence-electron chi connectivity index (χ0n) is 14.9. The molecule has 0 amide bonds. The molecule has 0 bridgehead atoms. The van der Waals surface area contributed by atoms with E-state index in [1.165, 1.54) is 0 Å². The Bertz CT molecular complexity index is 386.